The molecule has 0 fully saturated rings. The number of ketones is 1. The van der Waals surface area contributed by atoms with Gasteiger partial charge in [0.2, 0.25) is 0 Å². The maximum Gasteiger partial charge on any atom is 0.170 e. The predicted molar refractivity (Wildman–Crippen MR) is 90.0 cm³/mol. The van der Waals surface area contributed by atoms with Gasteiger partial charge in [0.1, 0.15) is 5.75 Å². The van der Waals surface area contributed by atoms with E-state index in [9.17, 15) is 9.00 Å². The molecule has 21 heavy (non-hydrogen) atoms. The molecule has 4 heteroatoms. The first-order valence-electron chi connectivity index (χ1n) is 6.70. The van der Waals surface area contributed by atoms with Crippen LogP contribution in [0.2, 0.25) is 0 Å². The number of Topliss-reactive ketones (excluding diaryl/α,β-unsaturated/α-hetero) is 1. The van der Waals surface area contributed by atoms with E-state index in [-0.39, 0.29) is 11.7 Å². The molecule has 3 nitrogen and oxygen atoms in total. The molecule has 0 aliphatic carbocycles. The van der Waals surface area contributed by atoms with Crippen molar-refractivity contribution in [3.63, 3.8) is 0 Å². The van der Waals surface area contributed by atoms with Gasteiger partial charge in [0.15, 0.2) is 5.78 Å². The average Bonchev–Trinajstić information content (AvgIpc) is 2.43. The fourth-order valence-electron chi connectivity index (χ4n) is 2.18. The molecule has 0 aromatic heterocycles. The summed E-state index contributed by atoms with van der Waals surface area (Å²) < 4.78 is 16.9. The lowest BCUT2D eigenvalue weighted by Gasteiger charge is -2.11. The lowest BCUT2D eigenvalue weighted by atomic mass is 9.95. The Morgan fingerprint density at radius 3 is 2.38 bits per heavy atom. The standard InChI is InChI=1S/C17H20O3S/c1-12(17(18)11-21(3,4)19)13-5-6-15-10-16(20-2)8-7-14(15)9-13/h5-12H,1-4H3/t12-/m0/s1. The van der Waals surface area contributed by atoms with Gasteiger partial charge in [0.05, 0.1) is 7.11 Å². The number of rotatable bonds is 4. The van der Waals surface area contributed by atoms with Crippen molar-refractivity contribution in [2.45, 2.75) is 12.8 Å². The van der Waals surface area contributed by atoms with Crippen LogP contribution in [0.15, 0.2) is 36.4 Å². The minimum Gasteiger partial charge on any atom is -0.497 e. The second-order valence-corrected chi connectivity index (χ2v) is 8.38. The molecule has 1 atom stereocenters. The molecule has 112 valence electrons. The Hall–Kier alpha value is -1.81. The van der Waals surface area contributed by atoms with Crippen LogP contribution in [-0.2, 0) is 14.3 Å². The van der Waals surface area contributed by atoms with E-state index in [0.717, 1.165) is 22.1 Å². The highest BCUT2D eigenvalue weighted by Crippen LogP contribution is 2.25. The monoisotopic (exact) mass is 304 g/mol. The van der Waals surface area contributed by atoms with Crippen LogP contribution in [0.4, 0.5) is 0 Å². The number of methoxy groups -OCH3 is 1. The summed E-state index contributed by atoms with van der Waals surface area (Å²) in [7, 11) is -0.531. The summed E-state index contributed by atoms with van der Waals surface area (Å²) in [5.41, 5.74) is 0.928. The quantitative estimate of drug-likeness (QED) is 0.816. The van der Waals surface area contributed by atoms with Gasteiger partial charge in [0.25, 0.3) is 0 Å². The molecule has 0 saturated heterocycles. The summed E-state index contributed by atoms with van der Waals surface area (Å²) in [6.45, 7) is 1.84. The molecule has 0 spiro atoms. The lowest BCUT2D eigenvalue weighted by molar-refractivity contribution is -0.113. The summed E-state index contributed by atoms with van der Waals surface area (Å²) in [5, 5.41) is 3.47. The fraction of sp³-hybridized carbons (Fsp3) is 0.294. The summed E-state index contributed by atoms with van der Waals surface area (Å²) in [5.74, 6) is 0.416. The van der Waals surface area contributed by atoms with Crippen LogP contribution in [0, 0.1) is 0 Å². The van der Waals surface area contributed by atoms with Crippen LogP contribution < -0.4 is 4.74 Å². The largest absolute Gasteiger partial charge is 0.497 e. The minimum atomic E-state index is -2.17. The third kappa shape index (κ3) is 3.85. The van der Waals surface area contributed by atoms with E-state index >= 15 is 0 Å². The Bertz CT molecular complexity index is 791. The molecule has 2 rings (SSSR count). The first-order valence-corrected chi connectivity index (χ1v) is 9.14. The van der Waals surface area contributed by atoms with E-state index in [1.165, 1.54) is 5.37 Å². The summed E-state index contributed by atoms with van der Waals surface area (Å²) in [6.07, 6.45) is 3.15. The SMILES string of the molecule is COc1ccc2cc([C@H](C)C(=O)C=S(C)(C)=O)ccc2c1. The van der Waals surface area contributed by atoms with Gasteiger partial charge in [-0.05, 0) is 38.0 Å². The van der Waals surface area contributed by atoms with E-state index < -0.39 is 9.52 Å². The topological polar surface area (TPSA) is 43.4 Å². The van der Waals surface area contributed by atoms with Crippen molar-refractivity contribution in [1.82, 2.24) is 0 Å². The van der Waals surface area contributed by atoms with Gasteiger partial charge in [-0.15, -0.1) is 0 Å². The number of hydrogen-bond donors (Lipinski definition) is 0. The normalized spacial score (nSPS) is 13.0. The molecular formula is C17H20O3S. The zero-order valence-electron chi connectivity index (χ0n) is 12.8. The van der Waals surface area contributed by atoms with Crippen LogP contribution >= 0.6 is 0 Å². The first-order chi connectivity index (χ1) is 9.80. The summed E-state index contributed by atoms with van der Waals surface area (Å²) in [6, 6.07) is 11.7. The van der Waals surface area contributed by atoms with Gasteiger partial charge in [-0.3, -0.25) is 9.00 Å². The smallest absolute Gasteiger partial charge is 0.170 e. The Balaban J connectivity index is 2.39. The summed E-state index contributed by atoms with van der Waals surface area (Å²) >= 11 is 0. The second kappa shape index (κ2) is 5.90. The average molecular weight is 304 g/mol. The van der Waals surface area contributed by atoms with Gasteiger partial charge < -0.3 is 4.74 Å². The van der Waals surface area contributed by atoms with Crippen molar-refractivity contribution in [2.75, 3.05) is 19.6 Å². The van der Waals surface area contributed by atoms with E-state index in [1.807, 2.05) is 43.3 Å². The fourth-order valence-corrected chi connectivity index (χ4v) is 2.95. The van der Waals surface area contributed by atoms with Crippen molar-refractivity contribution in [2.24, 2.45) is 0 Å². The third-order valence-electron chi connectivity index (χ3n) is 3.40. The zero-order valence-corrected chi connectivity index (χ0v) is 13.6. The number of benzene rings is 2. The van der Waals surface area contributed by atoms with Crippen molar-refractivity contribution < 1.29 is 13.7 Å². The van der Waals surface area contributed by atoms with Gasteiger partial charge >= 0.3 is 0 Å². The highest BCUT2D eigenvalue weighted by Gasteiger charge is 2.14. The Labute approximate surface area is 125 Å². The maximum atomic E-state index is 12.1. The highest BCUT2D eigenvalue weighted by atomic mass is 32.2. The molecule has 0 heterocycles. The number of carbonyl (C=O) groups is 1. The van der Waals surface area contributed by atoms with Crippen LogP contribution in [0.1, 0.15) is 18.4 Å². The first kappa shape index (κ1) is 15.6. The Kier molecular flexibility index (Phi) is 4.37. The minimum absolute atomic E-state index is 0.0992. The van der Waals surface area contributed by atoms with E-state index in [2.05, 4.69) is 0 Å². The molecule has 2 aromatic rings. The molecule has 0 radical (unpaired) electrons. The van der Waals surface area contributed by atoms with E-state index in [1.54, 1.807) is 19.6 Å². The highest BCUT2D eigenvalue weighted by molar-refractivity contribution is 8.01. The van der Waals surface area contributed by atoms with Gasteiger partial charge in [-0.2, -0.15) is 0 Å². The zero-order chi connectivity index (χ0) is 15.6. The number of fused-ring (bicyclic) bond motifs is 1. The second-order valence-electron chi connectivity index (χ2n) is 5.52. The molecule has 0 aliphatic heterocycles. The Morgan fingerprint density at radius 1 is 1.14 bits per heavy atom. The number of ether oxygens (including phenoxy) is 1. The van der Waals surface area contributed by atoms with Gasteiger partial charge in [0, 0.05) is 23.8 Å². The molecular weight excluding hydrogens is 284 g/mol. The van der Waals surface area contributed by atoms with Crippen molar-refractivity contribution in [3.05, 3.63) is 42.0 Å². The molecule has 0 unspecified atom stereocenters. The third-order valence-corrected chi connectivity index (χ3v) is 4.20. The number of carbonyl (C=O) groups excluding carboxylic acids is 1. The number of hydrogen-bond acceptors (Lipinski definition) is 3. The Morgan fingerprint density at radius 2 is 1.76 bits per heavy atom. The lowest BCUT2D eigenvalue weighted by Crippen LogP contribution is -2.15. The van der Waals surface area contributed by atoms with Crippen molar-refractivity contribution in [3.8, 4) is 5.75 Å². The van der Waals surface area contributed by atoms with E-state index in [4.69, 9.17) is 4.74 Å². The van der Waals surface area contributed by atoms with Crippen molar-refractivity contribution in [1.29, 1.82) is 0 Å². The van der Waals surface area contributed by atoms with Crippen LogP contribution in [-0.4, -0.2) is 35.0 Å². The predicted octanol–water partition coefficient (Wildman–Crippen LogP) is 2.87. The molecule has 0 amide bonds. The molecule has 2 aromatic carbocycles. The van der Waals surface area contributed by atoms with Crippen LogP contribution in [0.3, 0.4) is 0 Å². The molecule has 0 N–H and O–H groups in total. The maximum absolute atomic E-state index is 12.1. The van der Waals surface area contributed by atoms with Gasteiger partial charge in [-0.1, -0.05) is 31.2 Å². The summed E-state index contributed by atoms with van der Waals surface area (Å²) in [4.78, 5) is 12.1. The molecule has 0 aliphatic rings. The van der Waals surface area contributed by atoms with Crippen molar-refractivity contribution >= 4 is 31.4 Å². The molecule has 0 saturated carbocycles. The molecule has 0 bridgehead atoms. The van der Waals surface area contributed by atoms with Gasteiger partial charge in [-0.25, -0.2) is 0 Å². The van der Waals surface area contributed by atoms with Crippen LogP contribution in [0.25, 0.3) is 10.8 Å². The van der Waals surface area contributed by atoms with E-state index in [0.29, 0.717) is 0 Å². The van der Waals surface area contributed by atoms with Crippen LogP contribution in [0.5, 0.6) is 5.75 Å².